The minimum Gasteiger partial charge on any atom is -0.382 e. The van der Waals surface area contributed by atoms with Crippen molar-refractivity contribution in [1.82, 2.24) is 15.3 Å². The lowest BCUT2D eigenvalue weighted by atomic mass is 10.1. The van der Waals surface area contributed by atoms with E-state index in [2.05, 4.69) is 46.0 Å². The van der Waals surface area contributed by atoms with Crippen LogP contribution in [-0.4, -0.2) is 27.9 Å². The Morgan fingerprint density at radius 3 is 2.81 bits per heavy atom. The zero-order chi connectivity index (χ0) is 18.1. The first-order valence-electron chi connectivity index (χ1n) is 8.46. The number of nitrogens with one attached hydrogen (secondary N) is 1. The molecule has 128 valence electrons. The van der Waals surface area contributed by atoms with Crippen molar-refractivity contribution in [2.24, 2.45) is 4.99 Å². The summed E-state index contributed by atoms with van der Waals surface area (Å²) in [6.45, 7) is 5.05. The third-order valence-electron chi connectivity index (χ3n) is 4.24. The number of aliphatic imine (C=N–C) groups is 1. The number of rotatable bonds is 1. The van der Waals surface area contributed by atoms with Crippen molar-refractivity contribution < 1.29 is 0 Å². The minimum absolute atomic E-state index is 0.00142. The number of aromatic nitrogens is 2. The van der Waals surface area contributed by atoms with Gasteiger partial charge in [-0.05, 0) is 38.1 Å². The molecule has 0 unspecified atom stereocenters. The van der Waals surface area contributed by atoms with Crippen LogP contribution in [0.2, 0.25) is 0 Å². The summed E-state index contributed by atoms with van der Waals surface area (Å²) < 4.78 is 0. The minimum atomic E-state index is -0.00142. The molecule has 1 aromatic carbocycles. The smallest absolute Gasteiger partial charge is 0.150 e. The highest BCUT2D eigenvalue weighted by Gasteiger charge is 2.25. The van der Waals surface area contributed by atoms with Gasteiger partial charge in [0.2, 0.25) is 0 Å². The van der Waals surface area contributed by atoms with Gasteiger partial charge in [0.15, 0.2) is 0 Å². The van der Waals surface area contributed by atoms with Crippen LogP contribution in [0.15, 0.2) is 53.8 Å². The molecule has 0 bridgehead atoms. The van der Waals surface area contributed by atoms with Crippen LogP contribution in [0.1, 0.15) is 30.5 Å². The Labute approximate surface area is 152 Å². The van der Waals surface area contributed by atoms with Crippen molar-refractivity contribution in [2.75, 3.05) is 12.3 Å². The van der Waals surface area contributed by atoms with Crippen LogP contribution in [0.3, 0.4) is 0 Å². The third-order valence-corrected chi connectivity index (χ3v) is 4.24. The monoisotopic (exact) mass is 341 g/mol. The lowest BCUT2D eigenvalue weighted by Gasteiger charge is -2.18. The Kier molecular flexibility index (Phi) is 3.81. The normalized spacial score (nSPS) is 15.1. The van der Waals surface area contributed by atoms with E-state index in [1.807, 2.05) is 36.4 Å². The summed E-state index contributed by atoms with van der Waals surface area (Å²) in [5, 5.41) is 4.36. The number of hydrogen-bond donors (Lipinski definition) is 2. The van der Waals surface area contributed by atoms with E-state index in [1.165, 1.54) is 0 Å². The molecule has 0 saturated carbocycles. The molecule has 3 heterocycles. The molecule has 3 aromatic rings. The number of amidine groups is 1. The summed E-state index contributed by atoms with van der Waals surface area (Å²) >= 11 is 0. The van der Waals surface area contributed by atoms with Gasteiger partial charge in [-0.2, -0.15) is 0 Å². The molecule has 26 heavy (non-hydrogen) atoms. The van der Waals surface area contributed by atoms with Crippen LogP contribution < -0.4 is 11.1 Å². The fourth-order valence-corrected chi connectivity index (χ4v) is 2.91. The highest BCUT2D eigenvalue weighted by molar-refractivity contribution is 6.00. The Morgan fingerprint density at radius 1 is 1.12 bits per heavy atom. The van der Waals surface area contributed by atoms with Gasteiger partial charge in [-0.25, -0.2) is 4.98 Å². The maximum Gasteiger partial charge on any atom is 0.150 e. The molecule has 3 N–H and O–H groups in total. The largest absolute Gasteiger partial charge is 0.382 e. The predicted molar refractivity (Wildman–Crippen MR) is 105 cm³/mol. The van der Waals surface area contributed by atoms with Crippen LogP contribution >= 0.6 is 0 Å². The van der Waals surface area contributed by atoms with Crippen molar-refractivity contribution in [1.29, 1.82) is 0 Å². The van der Waals surface area contributed by atoms with E-state index in [1.54, 1.807) is 12.4 Å². The van der Waals surface area contributed by atoms with Crippen molar-refractivity contribution in [3.05, 3.63) is 65.5 Å². The summed E-state index contributed by atoms with van der Waals surface area (Å²) in [7, 11) is 0. The van der Waals surface area contributed by atoms with Crippen molar-refractivity contribution in [3.63, 3.8) is 0 Å². The Hall–Kier alpha value is -3.39. The fraction of sp³-hybridized carbons (Fsp3) is 0.190. The molecule has 1 aliphatic heterocycles. The van der Waals surface area contributed by atoms with E-state index in [-0.39, 0.29) is 5.54 Å². The van der Waals surface area contributed by atoms with Crippen LogP contribution in [0.4, 0.5) is 5.82 Å². The second-order valence-corrected chi connectivity index (χ2v) is 6.96. The highest BCUT2D eigenvalue weighted by atomic mass is 15.1. The number of anilines is 1. The standard InChI is InChI=1S/C21H19N5/c1-21(2)13-25-20(26-21)15-6-3-5-14(11-15)8-9-16-12-24-19(22)18-17(16)7-4-10-23-18/h3-7,10-12H,13H2,1-2H3,(H2,22,24)(H,25,26). The first kappa shape index (κ1) is 16.1. The number of benzene rings is 1. The topological polar surface area (TPSA) is 76.2 Å². The molecule has 1 aliphatic rings. The maximum atomic E-state index is 5.90. The molecule has 0 spiro atoms. The number of nitrogen functional groups attached to an aromatic ring is 1. The Bertz CT molecular complexity index is 1090. The quantitative estimate of drug-likeness (QED) is 0.667. The lowest BCUT2D eigenvalue weighted by molar-refractivity contribution is 0.506. The molecule has 5 nitrogen and oxygen atoms in total. The zero-order valence-electron chi connectivity index (χ0n) is 14.7. The van der Waals surface area contributed by atoms with Gasteiger partial charge in [-0.15, -0.1) is 0 Å². The molecule has 4 rings (SSSR count). The molecule has 5 heteroatoms. The zero-order valence-corrected chi connectivity index (χ0v) is 14.7. The molecular formula is C21H19N5. The predicted octanol–water partition coefficient (Wildman–Crippen LogP) is 2.74. The third kappa shape index (κ3) is 3.09. The summed E-state index contributed by atoms with van der Waals surface area (Å²) in [6, 6.07) is 11.9. The van der Waals surface area contributed by atoms with Gasteiger partial charge in [0.25, 0.3) is 0 Å². The van der Waals surface area contributed by atoms with Gasteiger partial charge in [-0.1, -0.05) is 24.0 Å². The molecule has 0 atom stereocenters. The summed E-state index contributed by atoms with van der Waals surface area (Å²) in [5.74, 6) is 7.75. The maximum absolute atomic E-state index is 5.90. The molecular weight excluding hydrogens is 322 g/mol. The van der Waals surface area contributed by atoms with E-state index in [9.17, 15) is 0 Å². The van der Waals surface area contributed by atoms with Gasteiger partial charge in [0.05, 0.1) is 17.6 Å². The first-order valence-corrected chi connectivity index (χ1v) is 8.46. The molecule has 2 aromatic heterocycles. The fourth-order valence-electron chi connectivity index (χ4n) is 2.91. The highest BCUT2D eigenvalue weighted by Crippen LogP contribution is 2.19. The SMILES string of the molecule is CC1(C)CN=C(c2cccc(C#Cc3cnc(N)c4ncccc34)c2)N1. The van der Waals surface area contributed by atoms with Crippen molar-refractivity contribution in [3.8, 4) is 11.8 Å². The molecule has 0 amide bonds. The molecule has 0 saturated heterocycles. The lowest BCUT2D eigenvalue weighted by Crippen LogP contribution is -2.39. The van der Waals surface area contributed by atoms with E-state index in [0.29, 0.717) is 11.3 Å². The average Bonchev–Trinajstić information content (AvgIpc) is 3.02. The molecule has 0 aliphatic carbocycles. The number of hydrogen-bond acceptors (Lipinski definition) is 5. The van der Waals surface area contributed by atoms with Crippen molar-refractivity contribution >= 4 is 22.6 Å². The van der Waals surface area contributed by atoms with E-state index in [0.717, 1.165) is 34.5 Å². The number of nitrogens with two attached hydrogens (primary N) is 1. The average molecular weight is 341 g/mol. The summed E-state index contributed by atoms with van der Waals surface area (Å²) in [6.07, 6.45) is 3.40. The number of pyridine rings is 2. The molecule has 0 fully saturated rings. The van der Waals surface area contributed by atoms with E-state index in [4.69, 9.17) is 5.73 Å². The van der Waals surface area contributed by atoms with Crippen LogP contribution in [-0.2, 0) is 0 Å². The van der Waals surface area contributed by atoms with Gasteiger partial charge in [-0.3, -0.25) is 9.98 Å². The summed E-state index contributed by atoms with van der Waals surface area (Å²) in [4.78, 5) is 13.1. The van der Waals surface area contributed by atoms with Gasteiger partial charge in [0, 0.05) is 28.9 Å². The van der Waals surface area contributed by atoms with Crippen LogP contribution in [0, 0.1) is 11.8 Å². The van der Waals surface area contributed by atoms with E-state index < -0.39 is 0 Å². The van der Waals surface area contributed by atoms with Gasteiger partial charge < -0.3 is 11.1 Å². The Balaban J connectivity index is 1.68. The second kappa shape index (κ2) is 6.16. The van der Waals surface area contributed by atoms with Gasteiger partial charge in [0.1, 0.15) is 17.2 Å². The van der Waals surface area contributed by atoms with Crippen LogP contribution in [0.5, 0.6) is 0 Å². The van der Waals surface area contributed by atoms with Crippen LogP contribution in [0.25, 0.3) is 10.9 Å². The summed E-state index contributed by atoms with van der Waals surface area (Å²) in [5.41, 5.74) is 9.36. The number of nitrogens with zero attached hydrogens (tertiary/aromatic N) is 3. The molecule has 0 radical (unpaired) electrons. The number of fused-ring (bicyclic) bond motifs is 1. The second-order valence-electron chi connectivity index (χ2n) is 6.96. The first-order chi connectivity index (χ1) is 12.5. The van der Waals surface area contributed by atoms with Gasteiger partial charge >= 0.3 is 0 Å². The van der Waals surface area contributed by atoms with Crippen molar-refractivity contribution in [2.45, 2.75) is 19.4 Å². The Morgan fingerprint density at radius 2 is 2.00 bits per heavy atom. The van der Waals surface area contributed by atoms with E-state index >= 15 is 0 Å².